The van der Waals surface area contributed by atoms with Crippen LogP contribution >= 0.6 is 11.6 Å². The molecular formula is C14H21ClN2O3S. The first-order valence-electron chi connectivity index (χ1n) is 6.83. The first-order chi connectivity index (χ1) is 9.82. The van der Waals surface area contributed by atoms with Crippen LogP contribution in [0.25, 0.3) is 0 Å². The zero-order valence-corrected chi connectivity index (χ0v) is 13.9. The van der Waals surface area contributed by atoms with E-state index in [-0.39, 0.29) is 12.5 Å². The van der Waals surface area contributed by atoms with Gasteiger partial charge in [0.25, 0.3) is 0 Å². The van der Waals surface area contributed by atoms with Crippen LogP contribution in [0.4, 0.5) is 5.69 Å². The lowest BCUT2D eigenvalue weighted by molar-refractivity contribution is -0.116. The van der Waals surface area contributed by atoms with Crippen LogP contribution < -0.4 is 5.32 Å². The Morgan fingerprint density at radius 2 is 2.05 bits per heavy atom. The Morgan fingerprint density at radius 3 is 2.62 bits per heavy atom. The number of amides is 1. The standard InChI is InChI=1S/C14H21ClN2O3S/c1-3-4-5-9-17(21(2,19)20)11-14(18)16-13-8-6-7-12(15)10-13/h6-8,10H,3-5,9,11H2,1-2H3,(H,16,18). The lowest BCUT2D eigenvalue weighted by Crippen LogP contribution is -2.38. The van der Waals surface area contributed by atoms with Gasteiger partial charge in [-0.1, -0.05) is 37.4 Å². The van der Waals surface area contributed by atoms with Gasteiger partial charge in [0.15, 0.2) is 0 Å². The molecule has 1 N–H and O–H groups in total. The Hall–Kier alpha value is -1.11. The van der Waals surface area contributed by atoms with Crippen molar-refractivity contribution in [3.63, 3.8) is 0 Å². The number of hydrogen-bond acceptors (Lipinski definition) is 3. The van der Waals surface area contributed by atoms with Crippen LogP contribution in [-0.2, 0) is 14.8 Å². The Kier molecular flexibility index (Phi) is 7.14. The van der Waals surface area contributed by atoms with Crippen LogP contribution in [-0.4, -0.2) is 38.0 Å². The molecule has 5 nitrogen and oxygen atoms in total. The number of nitrogens with one attached hydrogen (secondary N) is 1. The van der Waals surface area contributed by atoms with Gasteiger partial charge in [-0.15, -0.1) is 0 Å². The first kappa shape index (κ1) is 17.9. The predicted octanol–water partition coefficient (Wildman–Crippen LogP) is 2.73. The maximum atomic E-state index is 12.0. The molecule has 0 aliphatic heterocycles. The summed E-state index contributed by atoms with van der Waals surface area (Å²) in [6.07, 6.45) is 3.79. The second-order valence-corrected chi connectivity index (χ2v) is 7.28. The van der Waals surface area contributed by atoms with Gasteiger partial charge in [0.1, 0.15) is 0 Å². The number of sulfonamides is 1. The zero-order chi connectivity index (χ0) is 15.9. The number of anilines is 1. The lowest BCUT2D eigenvalue weighted by Gasteiger charge is -2.19. The van der Waals surface area contributed by atoms with Crippen LogP contribution in [0.2, 0.25) is 5.02 Å². The molecule has 7 heteroatoms. The zero-order valence-electron chi connectivity index (χ0n) is 12.3. The van der Waals surface area contributed by atoms with E-state index >= 15 is 0 Å². The second-order valence-electron chi connectivity index (χ2n) is 4.86. The number of hydrogen-bond donors (Lipinski definition) is 1. The van der Waals surface area contributed by atoms with Gasteiger partial charge < -0.3 is 5.32 Å². The summed E-state index contributed by atoms with van der Waals surface area (Å²) in [4.78, 5) is 12.0. The highest BCUT2D eigenvalue weighted by Crippen LogP contribution is 2.15. The SMILES string of the molecule is CCCCCN(CC(=O)Nc1cccc(Cl)c1)S(C)(=O)=O. The van der Waals surface area contributed by atoms with Crippen molar-refractivity contribution in [3.05, 3.63) is 29.3 Å². The maximum absolute atomic E-state index is 12.0. The number of benzene rings is 1. The molecule has 0 radical (unpaired) electrons. The van der Waals surface area contributed by atoms with E-state index in [0.717, 1.165) is 25.5 Å². The molecule has 1 rings (SSSR count). The Bertz CT molecular complexity index is 575. The number of rotatable bonds is 8. The quantitative estimate of drug-likeness (QED) is 0.744. The molecule has 0 aliphatic rings. The molecule has 1 aromatic rings. The topological polar surface area (TPSA) is 66.5 Å². The van der Waals surface area contributed by atoms with Gasteiger partial charge in [-0.3, -0.25) is 4.79 Å². The van der Waals surface area contributed by atoms with Crippen LogP contribution in [0.1, 0.15) is 26.2 Å². The number of nitrogens with zero attached hydrogens (tertiary/aromatic N) is 1. The van der Waals surface area contributed by atoms with E-state index in [1.54, 1.807) is 24.3 Å². The summed E-state index contributed by atoms with van der Waals surface area (Å²) in [5, 5.41) is 3.16. The van der Waals surface area contributed by atoms with Gasteiger partial charge in [0, 0.05) is 17.3 Å². The molecule has 0 saturated heterocycles. The molecule has 0 atom stereocenters. The molecule has 118 valence electrons. The van der Waals surface area contributed by atoms with E-state index in [4.69, 9.17) is 11.6 Å². The van der Waals surface area contributed by atoms with Gasteiger partial charge in [-0.05, 0) is 24.6 Å². The third-order valence-electron chi connectivity index (χ3n) is 2.91. The summed E-state index contributed by atoms with van der Waals surface area (Å²) in [6, 6.07) is 6.73. The largest absolute Gasteiger partial charge is 0.325 e. The van der Waals surface area contributed by atoms with E-state index in [1.807, 2.05) is 6.92 Å². The molecule has 0 heterocycles. The summed E-state index contributed by atoms with van der Waals surface area (Å²) in [5.74, 6) is -0.376. The van der Waals surface area contributed by atoms with Gasteiger partial charge in [-0.2, -0.15) is 4.31 Å². The molecular weight excluding hydrogens is 312 g/mol. The number of carbonyl (C=O) groups is 1. The Labute approximate surface area is 131 Å². The average molecular weight is 333 g/mol. The van der Waals surface area contributed by atoms with E-state index < -0.39 is 10.0 Å². The second kappa shape index (κ2) is 8.36. The van der Waals surface area contributed by atoms with E-state index in [1.165, 1.54) is 4.31 Å². The molecule has 0 spiro atoms. The van der Waals surface area contributed by atoms with Crippen molar-refractivity contribution < 1.29 is 13.2 Å². The Balaban J connectivity index is 2.63. The highest BCUT2D eigenvalue weighted by Gasteiger charge is 2.19. The summed E-state index contributed by atoms with van der Waals surface area (Å²) in [6.45, 7) is 2.21. The van der Waals surface area contributed by atoms with Crippen LogP contribution in [0.5, 0.6) is 0 Å². The van der Waals surface area contributed by atoms with Crippen LogP contribution in [0.3, 0.4) is 0 Å². The van der Waals surface area contributed by atoms with Crippen LogP contribution in [0.15, 0.2) is 24.3 Å². The summed E-state index contributed by atoms with van der Waals surface area (Å²) in [7, 11) is -3.39. The molecule has 0 aliphatic carbocycles. The van der Waals surface area contributed by atoms with Crippen molar-refractivity contribution in [1.82, 2.24) is 4.31 Å². The molecule has 0 aromatic heterocycles. The number of carbonyl (C=O) groups excluding carboxylic acids is 1. The molecule has 0 bridgehead atoms. The predicted molar refractivity (Wildman–Crippen MR) is 86.0 cm³/mol. The van der Waals surface area contributed by atoms with Crippen molar-refractivity contribution in [1.29, 1.82) is 0 Å². The molecule has 0 unspecified atom stereocenters. The summed E-state index contributed by atoms with van der Waals surface area (Å²) < 4.78 is 24.6. The summed E-state index contributed by atoms with van der Waals surface area (Å²) in [5.41, 5.74) is 0.550. The smallest absolute Gasteiger partial charge is 0.239 e. The molecule has 0 saturated carbocycles. The van der Waals surface area contributed by atoms with Gasteiger partial charge >= 0.3 is 0 Å². The summed E-state index contributed by atoms with van der Waals surface area (Å²) >= 11 is 5.83. The van der Waals surface area contributed by atoms with Crippen molar-refractivity contribution >= 4 is 33.2 Å². The van der Waals surface area contributed by atoms with Crippen molar-refractivity contribution in [2.45, 2.75) is 26.2 Å². The molecule has 1 amide bonds. The lowest BCUT2D eigenvalue weighted by atomic mass is 10.2. The van der Waals surface area contributed by atoms with Gasteiger partial charge in [0.2, 0.25) is 15.9 Å². The van der Waals surface area contributed by atoms with Gasteiger partial charge in [0.05, 0.1) is 12.8 Å². The van der Waals surface area contributed by atoms with E-state index in [0.29, 0.717) is 17.3 Å². The molecule has 1 aromatic carbocycles. The normalized spacial score (nSPS) is 11.6. The van der Waals surface area contributed by atoms with Crippen molar-refractivity contribution in [2.24, 2.45) is 0 Å². The third-order valence-corrected chi connectivity index (χ3v) is 4.39. The highest BCUT2D eigenvalue weighted by molar-refractivity contribution is 7.88. The Morgan fingerprint density at radius 1 is 1.33 bits per heavy atom. The van der Waals surface area contributed by atoms with E-state index in [9.17, 15) is 13.2 Å². The number of halogens is 1. The van der Waals surface area contributed by atoms with Crippen molar-refractivity contribution in [3.8, 4) is 0 Å². The molecule has 0 fully saturated rings. The average Bonchev–Trinajstić information content (AvgIpc) is 2.36. The van der Waals surface area contributed by atoms with Crippen molar-refractivity contribution in [2.75, 3.05) is 24.7 Å². The fraction of sp³-hybridized carbons (Fsp3) is 0.500. The maximum Gasteiger partial charge on any atom is 0.239 e. The third kappa shape index (κ3) is 6.93. The fourth-order valence-electron chi connectivity index (χ4n) is 1.83. The minimum Gasteiger partial charge on any atom is -0.325 e. The fourth-order valence-corrected chi connectivity index (χ4v) is 2.83. The number of unbranched alkanes of at least 4 members (excludes halogenated alkanes) is 2. The first-order valence-corrected chi connectivity index (χ1v) is 9.06. The highest BCUT2D eigenvalue weighted by atomic mass is 35.5. The van der Waals surface area contributed by atoms with Gasteiger partial charge in [-0.25, -0.2) is 8.42 Å². The van der Waals surface area contributed by atoms with Crippen LogP contribution in [0, 0.1) is 0 Å². The van der Waals surface area contributed by atoms with E-state index in [2.05, 4.69) is 5.32 Å². The minimum atomic E-state index is -3.39. The monoisotopic (exact) mass is 332 g/mol. The molecule has 21 heavy (non-hydrogen) atoms. The minimum absolute atomic E-state index is 0.185.